The minimum Gasteiger partial charge on any atom is -0.462 e. The Morgan fingerprint density at radius 1 is 1.26 bits per heavy atom. The van der Waals surface area contributed by atoms with Crippen LogP contribution in [0, 0.1) is 0 Å². The molecule has 0 spiro atoms. The highest BCUT2D eigenvalue weighted by atomic mass is 16.5. The van der Waals surface area contributed by atoms with Crippen molar-refractivity contribution in [2.45, 2.75) is 32.7 Å². The molecule has 0 atom stereocenters. The second-order valence-corrected chi connectivity index (χ2v) is 5.95. The molecule has 0 N–H and O–H groups in total. The number of rotatable bonds is 3. The Kier molecular flexibility index (Phi) is 4.48. The van der Waals surface area contributed by atoms with Crippen LogP contribution in [0.1, 0.15) is 35.8 Å². The fraction of sp³-hybridized carbons (Fsp3) is 0.444. The van der Waals surface area contributed by atoms with Crippen LogP contribution in [-0.4, -0.2) is 41.5 Å². The maximum absolute atomic E-state index is 12.5. The van der Waals surface area contributed by atoms with Crippen LogP contribution in [0.25, 0.3) is 10.9 Å². The third-order valence-electron chi connectivity index (χ3n) is 4.53. The largest absolute Gasteiger partial charge is 0.462 e. The molecule has 1 aliphatic rings. The van der Waals surface area contributed by atoms with Gasteiger partial charge in [0.1, 0.15) is 0 Å². The predicted molar refractivity (Wildman–Crippen MR) is 88.5 cm³/mol. The number of nitrogens with zero attached hydrogens (tertiary/aromatic N) is 2. The van der Waals surface area contributed by atoms with Crippen LogP contribution in [0.3, 0.4) is 0 Å². The van der Waals surface area contributed by atoms with E-state index < -0.39 is 11.9 Å². The van der Waals surface area contributed by atoms with Gasteiger partial charge < -0.3 is 4.74 Å². The van der Waals surface area contributed by atoms with Gasteiger partial charge in [0.05, 0.1) is 12.6 Å². The van der Waals surface area contributed by atoms with Crippen LogP contribution in [0.2, 0.25) is 0 Å². The Labute approximate surface area is 135 Å². The lowest BCUT2D eigenvalue weighted by Gasteiger charge is -2.27. The van der Waals surface area contributed by atoms with Crippen LogP contribution in [0.5, 0.6) is 0 Å². The number of hydrogen-bond donors (Lipinski definition) is 0. The normalized spacial score (nSPS) is 14.7. The van der Waals surface area contributed by atoms with E-state index in [2.05, 4.69) is 16.6 Å². The highest BCUT2D eigenvalue weighted by molar-refractivity contribution is 6.35. The van der Waals surface area contributed by atoms with Crippen molar-refractivity contribution in [2.75, 3.05) is 20.2 Å². The van der Waals surface area contributed by atoms with Gasteiger partial charge in [-0.1, -0.05) is 31.5 Å². The average molecular weight is 314 g/mol. The van der Waals surface area contributed by atoms with E-state index in [4.69, 9.17) is 0 Å². The summed E-state index contributed by atoms with van der Waals surface area (Å²) in [5.74, 6) is -1.43. The third-order valence-corrected chi connectivity index (χ3v) is 4.53. The second-order valence-electron chi connectivity index (χ2n) is 5.95. The zero-order chi connectivity index (χ0) is 16.4. The van der Waals surface area contributed by atoms with E-state index in [0.717, 1.165) is 48.9 Å². The first-order valence-corrected chi connectivity index (χ1v) is 8.13. The first kappa shape index (κ1) is 15.7. The molecule has 23 heavy (non-hydrogen) atoms. The molecule has 122 valence electrons. The quantitative estimate of drug-likeness (QED) is 0.645. The Morgan fingerprint density at radius 3 is 2.78 bits per heavy atom. The minimum atomic E-state index is -0.820. The van der Waals surface area contributed by atoms with Crippen molar-refractivity contribution in [1.29, 1.82) is 0 Å². The summed E-state index contributed by atoms with van der Waals surface area (Å²) in [5, 5.41) is 1.06. The van der Waals surface area contributed by atoms with Crippen LogP contribution in [0.15, 0.2) is 24.3 Å². The van der Waals surface area contributed by atoms with Gasteiger partial charge in [0, 0.05) is 24.2 Å². The molecule has 0 saturated carbocycles. The van der Waals surface area contributed by atoms with Crippen molar-refractivity contribution < 1.29 is 14.3 Å². The lowest BCUT2D eigenvalue weighted by atomic mass is 10.0. The van der Waals surface area contributed by atoms with Crippen molar-refractivity contribution in [3.05, 3.63) is 35.5 Å². The summed E-state index contributed by atoms with van der Waals surface area (Å²) in [6.45, 7) is 4.89. The number of hydrogen-bond acceptors (Lipinski definition) is 4. The first-order valence-electron chi connectivity index (χ1n) is 8.13. The molecular formula is C18H22N2O3. The van der Waals surface area contributed by atoms with Gasteiger partial charge >= 0.3 is 11.9 Å². The van der Waals surface area contributed by atoms with Crippen molar-refractivity contribution in [1.82, 2.24) is 9.47 Å². The lowest BCUT2D eigenvalue weighted by molar-refractivity contribution is -0.135. The molecule has 2 aromatic rings. The van der Waals surface area contributed by atoms with Crippen LogP contribution < -0.4 is 0 Å². The predicted octanol–water partition coefficient (Wildman–Crippen LogP) is 2.61. The van der Waals surface area contributed by atoms with Crippen LogP contribution in [-0.2, 0) is 22.5 Å². The molecule has 0 fully saturated rings. The molecule has 3 rings (SSSR count). The number of carbonyl (C=O) groups is 2. The Bertz CT molecular complexity index is 748. The van der Waals surface area contributed by atoms with Gasteiger partial charge in [0.15, 0.2) is 0 Å². The first-order chi connectivity index (χ1) is 11.2. The fourth-order valence-corrected chi connectivity index (χ4v) is 3.35. The SMILES string of the molecule is CCCCN1CCc2c(n(C(=O)C(=O)OC)c3ccccc23)C1. The van der Waals surface area contributed by atoms with Gasteiger partial charge in [-0.2, -0.15) is 0 Å². The van der Waals surface area contributed by atoms with E-state index in [1.807, 2.05) is 24.3 Å². The summed E-state index contributed by atoms with van der Waals surface area (Å²) in [5.41, 5.74) is 2.92. The summed E-state index contributed by atoms with van der Waals surface area (Å²) < 4.78 is 6.19. The van der Waals surface area contributed by atoms with E-state index in [0.29, 0.717) is 6.54 Å². The molecule has 5 nitrogen and oxygen atoms in total. The topological polar surface area (TPSA) is 51.5 Å². The standard InChI is InChI=1S/C18H22N2O3/c1-3-4-10-19-11-9-14-13-7-5-6-8-15(13)20(16(14)12-19)17(21)18(22)23-2/h5-8H,3-4,9-12H2,1-2H3. The van der Waals surface area contributed by atoms with E-state index in [1.54, 1.807) is 4.57 Å². The number of benzene rings is 1. The summed E-state index contributed by atoms with van der Waals surface area (Å²) in [6.07, 6.45) is 3.19. The number of methoxy groups -OCH3 is 1. The molecule has 0 saturated heterocycles. The maximum Gasteiger partial charge on any atom is 0.397 e. The third kappa shape index (κ3) is 2.77. The number of aromatic nitrogens is 1. The van der Waals surface area contributed by atoms with E-state index in [-0.39, 0.29) is 0 Å². The van der Waals surface area contributed by atoms with Crippen LogP contribution >= 0.6 is 0 Å². The molecule has 2 heterocycles. The summed E-state index contributed by atoms with van der Waals surface area (Å²) >= 11 is 0. The molecule has 0 aliphatic carbocycles. The average Bonchev–Trinajstić information content (AvgIpc) is 2.92. The number of esters is 1. The highest BCUT2D eigenvalue weighted by Gasteiger charge is 2.29. The number of fused-ring (bicyclic) bond motifs is 3. The fourth-order valence-electron chi connectivity index (χ4n) is 3.35. The zero-order valence-electron chi connectivity index (χ0n) is 13.7. The van der Waals surface area contributed by atoms with Gasteiger partial charge in [-0.3, -0.25) is 14.3 Å². The van der Waals surface area contributed by atoms with Gasteiger partial charge in [0.2, 0.25) is 0 Å². The monoisotopic (exact) mass is 314 g/mol. The minimum absolute atomic E-state index is 0.609. The molecule has 1 aromatic heterocycles. The molecule has 0 unspecified atom stereocenters. The van der Waals surface area contributed by atoms with Crippen LogP contribution in [0.4, 0.5) is 0 Å². The smallest absolute Gasteiger partial charge is 0.397 e. The van der Waals surface area contributed by atoms with E-state index in [9.17, 15) is 9.59 Å². The molecular weight excluding hydrogens is 292 g/mol. The zero-order valence-corrected chi connectivity index (χ0v) is 13.7. The number of para-hydroxylation sites is 1. The van der Waals surface area contributed by atoms with Crippen molar-refractivity contribution in [2.24, 2.45) is 0 Å². The van der Waals surface area contributed by atoms with Crippen molar-refractivity contribution >= 4 is 22.8 Å². The molecule has 1 aliphatic heterocycles. The number of carbonyl (C=O) groups excluding carboxylic acids is 2. The van der Waals surface area contributed by atoms with E-state index >= 15 is 0 Å². The number of ether oxygens (including phenoxy) is 1. The molecule has 0 amide bonds. The van der Waals surface area contributed by atoms with Gasteiger partial charge in [0.25, 0.3) is 0 Å². The van der Waals surface area contributed by atoms with E-state index in [1.165, 1.54) is 12.7 Å². The molecule has 1 aromatic carbocycles. The Hall–Kier alpha value is -2.14. The number of unbranched alkanes of at least 4 members (excludes halogenated alkanes) is 1. The summed E-state index contributed by atoms with van der Waals surface area (Å²) in [4.78, 5) is 26.7. The van der Waals surface area contributed by atoms with Gasteiger partial charge in [-0.15, -0.1) is 0 Å². The second kappa shape index (κ2) is 6.54. The molecule has 0 bridgehead atoms. The summed E-state index contributed by atoms with van der Waals surface area (Å²) in [6, 6.07) is 7.78. The van der Waals surface area contributed by atoms with Gasteiger partial charge in [-0.25, -0.2) is 4.79 Å². The highest BCUT2D eigenvalue weighted by Crippen LogP contribution is 2.31. The molecule has 0 radical (unpaired) electrons. The van der Waals surface area contributed by atoms with Crippen molar-refractivity contribution in [3.63, 3.8) is 0 Å². The van der Waals surface area contributed by atoms with Gasteiger partial charge in [-0.05, 0) is 31.0 Å². The molecule has 5 heteroatoms. The Morgan fingerprint density at radius 2 is 2.04 bits per heavy atom. The Balaban J connectivity index is 2.08. The lowest BCUT2D eigenvalue weighted by Crippen LogP contribution is -2.34. The van der Waals surface area contributed by atoms with Crippen molar-refractivity contribution in [3.8, 4) is 0 Å². The summed E-state index contributed by atoms with van der Waals surface area (Å²) in [7, 11) is 1.24. The maximum atomic E-state index is 12.5.